The number of hydrogen-bond donors (Lipinski definition) is 3. The van der Waals surface area contributed by atoms with Crippen LogP contribution in [0.5, 0.6) is 0 Å². The number of nitrogens with one attached hydrogen (secondary N) is 3. The van der Waals surface area contributed by atoms with Crippen LogP contribution >= 0.6 is 0 Å². The Labute approximate surface area is 147 Å². The highest BCUT2D eigenvalue weighted by atomic mass is 16.2. The summed E-state index contributed by atoms with van der Waals surface area (Å²) in [7, 11) is 5.35. The summed E-state index contributed by atoms with van der Waals surface area (Å²) in [6.45, 7) is 2.62. The maximum atomic E-state index is 12.7. The molecular formula is C17H25N5O3. The van der Waals surface area contributed by atoms with Crippen LogP contribution in [0.3, 0.4) is 0 Å². The number of urea groups is 1. The third-order valence-corrected chi connectivity index (χ3v) is 4.23. The van der Waals surface area contributed by atoms with Crippen molar-refractivity contribution in [2.75, 3.05) is 44.4 Å². The van der Waals surface area contributed by atoms with E-state index in [1.54, 1.807) is 0 Å². The molecule has 3 N–H and O–H groups in total. The Morgan fingerprint density at radius 2 is 2.08 bits per heavy atom. The summed E-state index contributed by atoms with van der Waals surface area (Å²) in [5, 5.41) is 8.05. The van der Waals surface area contributed by atoms with Gasteiger partial charge in [0.15, 0.2) is 0 Å². The normalized spacial score (nSPS) is 16.9. The van der Waals surface area contributed by atoms with Crippen LogP contribution in [0.4, 0.5) is 16.2 Å². The topological polar surface area (TPSA) is 93.8 Å². The zero-order valence-corrected chi connectivity index (χ0v) is 15.0. The first-order valence-corrected chi connectivity index (χ1v) is 8.17. The minimum atomic E-state index is -0.814. The van der Waals surface area contributed by atoms with E-state index < -0.39 is 6.04 Å². The molecule has 8 nitrogen and oxygen atoms in total. The maximum absolute atomic E-state index is 12.7. The van der Waals surface area contributed by atoms with Gasteiger partial charge in [0.2, 0.25) is 11.8 Å². The first-order chi connectivity index (χ1) is 11.8. The largest absolute Gasteiger partial charge is 0.378 e. The van der Waals surface area contributed by atoms with Gasteiger partial charge in [-0.25, -0.2) is 4.79 Å². The Morgan fingerprint density at radius 3 is 2.72 bits per heavy atom. The SMILES string of the molecule is CNC(=O)CC1C(=O)NCCN1C(=O)Nc1cc(N(C)C)ccc1C. The van der Waals surface area contributed by atoms with Crippen LogP contribution in [0.1, 0.15) is 12.0 Å². The fraction of sp³-hybridized carbons (Fsp3) is 0.471. The van der Waals surface area contributed by atoms with E-state index in [9.17, 15) is 14.4 Å². The molecule has 1 aromatic rings. The van der Waals surface area contributed by atoms with E-state index in [-0.39, 0.29) is 24.3 Å². The second-order valence-electron chi connectivity index (χ2n) is 6.20. The van der Waals surface area contributed by atoms with Gasteiger partial charge in [0.1, 0.15) is 6.04 Å². The molecule has 1 atom stereocenters. The molecule has 8 heteroatoms. The lowest BCUT2D eigenvalue weighted by atomic mass is 10.1. The molecule has 0 aliphatic carbocycles. The van der Waals surface area contributed by atoms with Gasteiger partial charge in [-0.1, -0.05) is 6.07 Å². The summed E-state index contributed by atoms with van der Waals surface area (Å²) in [5.41, 5.74) is 2.56. The smallest absolute Gasteiger partial charge is 0.322 e. The summed E-state index contributed by atoms with van der Waals surface area (Å²) < 4.78 is 0. The molecule has 1 saturated heterocycles. The van der Waals surface area contributed by atoms with Crippen molar-refractivity contribution in [3.05, 3.63) is 23.8 Å². The number of amides is 4. The van der Waals surface area contributed by atoms with Gasteiger partial charge >= 0.3 is 6.03 Å². The van der Waals surface area contributed by atoms with Crippen molar-refractivity contribution in [2.45, 2.75) is 19.4 Å². The highest BCUT2D eigenvalue weighted by molar-refractivity contribution is 5.97. The Hall–Kier alpha value is -2.77. The van der Waals surface area contributed by atoms with E-state index in [1.807, 2.05) is 44.1 Å². The molecule has 25 heavy (non-hydrogen) atoms. The van der Waals surface area contributed by atoms with Gasteiger partial charge in [-0.3, -0.25) is 9.59 Å². The van der Waals surface area contributed by atoms with Gasteiger partial charge < -0.3 is 25.8 Å². The van der Waals surface area contributed by atoms with Crippen molar-refractivity contribution in [1.82, 2.24) is 15.5 Å². The number of hydrogen-bond acceptors (Lipinski definition) is 4. The second kappa shape index (κ2) is 7.87. The monoisotopic (exact) mass is 347 g/mol. The van der Waals surface area contributed by atoms with Gasteiger partial charge in [-0.05, 0) is 24.6 Å². The van der Waals surface area contributed by atoms with Crippen LogP contribution in [-0.4, -0.2) is 63.0 Å². The van der Waals surface area contributed by atoms with Crippen LogP contribution in [0.2, 0.25) is 0 Å². The summed E-state index contributed by atoms with van der Waals surface area (Å²) in [6.07, 6.45) is -0.0630. The van der Waals surface area contributed by atoms with E-state index in [0.29, 0.717) is 18.8 Å². The molecule has 0 bridgehead atoms. The van der Waals surface area contributed by atoms with Crippen LogP contribution in [0, 0.1) is 6.92 Å². The van der Waals surface area contributed by atoms with E-state index in [0.717, 1.165) is 11.3 Å². The molecule has 0 aromatic heterocycles. The lowest BCUT2D eigenvalue weighted by molar-refractivity contribution is -0.132. The minimum Gasteiger partial charge on any atom is -0.378 e. The number of aryl methyl sites for hydroxylation is 1. The zero-order valence-electron chi connectivity index (χ0n) is 15.0. The Kier molecular flexibility index (Phi) is 5.84. The molecule has 4 amide bonds. The lowest BCUT2D eigenvalue weighted by Crippen LogP contribution is -2.59. The average molecular weight is 347 g/mol. The van der Waals surface area contributed by atoms with Crippen LogP contribution in [-0.2, 0) is 9.59 Å². The van der Waals surface area contributed by atoms with Gasteiger partial charge in [0.05, 0.1) is 6.42 Å². The number of rotatable bonds is 4. The summed E-state index contributed by atoms with van der Waals surface area (Å²) in [4.78, 5) is 39.8. The minimum absolute atomic E-state index is 0.0630. The molecule has 1 aromatic carbocycles. The second-order valence-corrected chi connectivity index (χ2v) is 6.20. The van der Waals surface area contributed by atoms with Crippen molar-refractivity contribution in [3.8, 4) is 0 Å². The highest BCUT2D eigenvalue weighted by Gasteiger charge is 2.34. The summed E-state index contributed by atoms with van der Waals surface area (Å²) in [6, 6.07) is 4.57. The molecule has 1 heterocycles. The average Bonchev–Trinajstić information content (AvgIpc) is 2.58. The van der Waals surface area contributed by atoms with Crippen molar-refractivity contribution in [1.29, 1.82) is 0 Å². The standard InChI is InChI=1S/C17H25N5O3/c1-11-5-6-12(21(3)4)9-13(11)20-17(25)22-8-7-19-16(24)14(22)10-15(23)18-2/h5-6,9,14H,7-8,10H2,1-4H3,(H,18,23)(H,19,24)(H,20,25). The summed E-state index contributed by atoms with van der Waals surface area (Å²) >= 11 is 0. The molecule has 136 valence electrons. The lowest BCUT2D eigenvalue weighted by Gasteiger charge is -2.34. The zero-order chi connectivity index (χ0) is 18.6. The molecule has 0 saturated carbocycles. The molecule has 1 unspecified atom stereocenters. The van der Waals surface area contributed by atoms with E-state index in [4.69, 9.17) is 0 Å². The van der Waals surface area contributed by atoms with Gasteiger partial charge in [0.25, 0.3) is 0 Å². The third-order valence-electron chi connectivity index (χ3n) is 4.23. The van der Waals surface area contributed by atoms with Crippen LogP contribution in [0.15, 0.2) is 18.2 Å². The van der Waals surface area contributed by atoms with Crippen molar-refractivity contribution >= 4 is 29.2 Å². The number of benzene rings is 1. The highest BCUT2D eigenvalue weighted by Crippen LogP contribution is 2.23. The quantitative estimate of drug-likeness (QED) is 0.741. The molecule has 0 radical (unpaired) electrons. The number of anilines is 2. The van der Waals surface area contributed by atoms with Crippen molar-refractivity contribution < 1.29 is 14.4 Å². The van der Waals surface area contributed by atoms with Crippen LogP contribution in [0.25, 0.3) is 0 Å². The van der Waals surface area contributed by atoms with Crippen LogP contribution < -0.4 is 20.9 Å². The van der Waals surface area contributed by atoms with Crippen molar-refractivity contribution in [3.63, 3.8) is 0 Å². The predicted octanol–water partition coefficient (Wildman–Crippen LogP) is 0.529. The molecule has 1 aliphatic rings. The number of carbonyl (C=O) groups excluding carboxylic acids is 3. The fourth-order valence-electron chi connectivity index (χ4n) is 2.65. The molecular weight excluding hydrogens is 322 g/mol. The number of carbonyl (C=O) groups is 3. The predicted molar refractivity (Wildman–Crippen MR) is 96.7 cm³/mol. The van der Waals surface area contributed by atoms with Gasteiger partial charge in [-0.15, -0.1) is 0 Å². The Balaban J connectivity index is 2.19. The first-order valence-electron chi connectivity index (χ1n) is 8.17. The maximum Gasteiger partial charge on any atom is 0.322 e. The number of piperazine rings is 1. The van der Waals surface area contributed by atoms with E-state index in [1.165, 1.54) is 11.9 Å². The Morgan fingerprint density at radius 1 is 1.36 bits per heavy atom. The summed E-state index contributed by atoms with van der Waals surface area (Å²) in [5.74, 6) is -0.602. The first kappa shape index (κ1) is 18.6. The molecule has 2 rings (SSSR count). The fourth-order valence-corrected chi connectivity index (χ4v) is 2.65. The van der Waals surface area contributed by atoms with Gasteiger partial charge in [0, 0.05) is 45.6 Å². The van der Waals surface area contributed by atoms with E-state index >= 15 is 0 Å². The third kappa shape index (κ3) is 4.40. The molecule has 0 spiro atoms. The molecule has 1 fully saturated rings. The van der Waals surface area contributed by atoms with Gasteiger partial charge in [-0.2, -0.15) is 0 Å². The number of nitrogens with zero attached hydrogens (tertiary/aromatic N) is 2. The molecule has 1 aliphatic heterocycles. The Bertz CT molecular complexity index is 674. The van der Waals surface area contributed by atoms with E-state index in [2.05, 4.69) is 16.0 Å². The van der Waals surface area contributed by atoms with Crippen molar-refractivity contribution in [2.24, 2.45) is 0 Å².